The molecule has 2 atom stereocenters. The Labute approximate surface area is 109 Å². The van der Waals surface area contributed by atoms with Crippen molar-refractivity contribution in [2.45, 2.75) is 25.9 Å². The van der Waals surface area contributed by atoms with Crippen LogP contribution >= 0.6 is 11.3 Å². The second kappa shape index (κ2) is 3.67. The summed E-state index contributed by atoms with van der Waals surface area (Å²) < 4.78 is 23.2. The van der Waals surface area contributed by atoms with E-state index in [4.69, 9.17) is 0 Å². The third-order valence-corrected chi connectivity index (χ3v) is 6.19. The highest BCUT2D eigenvalue weighted by Gasteiger charge is 2.50. The van der Waals surface area contributed by atoms with E-state index in [9.17, 15) is 13.2 Å². The summed E-state index contributed by atoms with van der Waals surface area (Å²) in [7, 11) is -3.05. The molecule has 3 heterocycles. The summed E-state index contributed by atoms with van der Waals surface area (Å²) in [6.07, 6.45) is 0. The minimum atomic E-state index is -3.05. The van der Waals surface area contributed by atoms with E-state index < -0.39 is 9.84 Å². The molecule has 0 saturated carbocycles. The van der Waals surface area contributed by atoms with E-state index in [1.165, 1.54) is 16.2 Å². The van der Waals surface area contributed by atoms with Gasteiger partial charge in [0, 0.05) is 4.88 Å². The molecule has 0 aliphatic carbocycles. The van der Waals surface area contributed by atoms with Gasteiger partial charge in [-0.3, -0.25) is 4.90 Å². The summed E-state index contributed by atoms with van der Waals surface area (Å²) in [4.78, 5) is 18.8. The van der Waals surface area contributed by atoms with Crippen molar-refractivity contribution in [2.75, 3.05) is 16.4 Å². The predicted molar refractivity (Wildman–Crippen MR) is 68.8 cm³/mol. The van der Waals surface area contributed by atoms with Crippen molar-refractivity contribution in [3.63, 3.8) is 0 Å². The molecule has 0 spiro atoms. The van der Waals surface area contributed by atoms with Crippen LogP contribution < -0.4 is 10.2 Å². The zero-order valence-electron chi connectivity index (χ0n) is 10.0. The Morgan fingerprint density at radius 3 is 2.72 bits per heavy atom. The molecule has 2 aliphatic heterocycles. The Bertz CT molecular complexity index is 603. The molecule has 1 N–H and O–H groups in total. The minimum absolute atomic E-state index is 0.0219. The summed E-state index contributed by atoms with van der Waals surface area (Å²) in [6, 6.07) is -0.854. The number of fused-ring (bicyclic) bond motifs is 1. The van der Waals surface area contributed by atoms with Gasteiger partial charge >= 0.3 is 6.03 Å². The van der Waals surface area contributed by atoms with E-state index >= 15 is 0 Å². The maximum Gasteiger partial charge on any atom is 0.324 e. The molecule has 0 bridgehead atoms. The Morgan fingerprint density at radius 1 is 1.39 bits per heavy atom. The summed E-state index contributed by atoms with van der Waals surface area (Å²) in [5.74, 6) is 0.0529. The van der Waals surface area contributed by atoms with Crippen molar-refractivity contribution >= 4 is 32.3 Å². The first-order valence-corrected chi connectivity index (χ1v) is 8.25. The minimum Gasteiger partial charge on any atom is -0.332 e. The van der Waals surface area contributed by atoms with E-state index in [0.717, 1.165) is 10.6 Å². The van der Waals surface area contributed by atoms with Crippen LogP contribution in [0.5, 0.6) is 0 Å². The number of carbonyl (C=O) groups excluding carboxylic acids is 1. The Kier molecular flexibility index (Phi) is 2.43. The largest absolute Gasteiger partial charge is 0.332 e. The van der Waals surface area contributed by atoms with Crippen LogP contribution in [-0.2, 0) is 9.84 Å². The van der Waals surface area contributed by atoms with Gasteiger partial charge < -0.3 is 5.32 Å². The number of carbonyl (C=O) groups is 1. The number of rotatable bonds is 1. The normalized spacial score (nSPS) is 29.4. The Hall–Kier alpha value is -1.15. The van der Waals surface area contributed by atoms with E-state index in [0.29, 0.717) is 5.13 Å². The van der Waals surface area contributed by atoms with E-state index in [2.05, 4.69) is 10.3 Å². The second-order valence-corrected chi connectivity index (χ2v) is 8.04. The fraction of sp³-hybridized carbons (Fsp3) is 0.600. The maximum absolute atomic E-state index is 11.9. The summed E-state index contributed by atoms with van der Waals surface area (Å²) >= 11 is 1.42. The van der Waals surface area contributed by atoms with E-state index in [1.807, 2.05) is 13.8 Å². The number of urea groups is 1. The van der Waals surface area contributed by atoms with Crippen molar-refractivity contribution in [3.05, 3.63) is 10.6 Å². The highest BCUT2D eigenvalue weighted by atomic mass is 32.2. The van der Waals surface area contributed by atoms with Gasteiger partial charge in [-0.25, -0.2) is 18.2 Å². The van der Waals surface area contributed by atoms with Crippen LogP contribution in [0.1, 0.15) is 10.6 Å². The fourth-order valence-electron chi connectivity index (χ4n) is 2.39. The lowest BCUT2D eigenvalue weighted by molar-refractivity contribution is 0.251. The third kappa shape index (κ3) is 1.71. The number of hydrogen-bond donors (Lipinski definition) is 1. The van der Waals surface area contributed by atoms with Gasteiger partial charge in [-0.15, -0.1) is 11.3 Å². The van der Waals surface area contributed by atoms with E-state index in [-0.39, 0.29) is 29.6 Å². The molecule has 98 valence electrons. The molecule has 1 aromatic heterocycles. The lowest BCUT2D eigenvalue weighted by atomic mass is 10.2. The highest BCUT2D eigenvalue weighted by Crippen LogP contribution is 2.33. The summed E-state index contributed by atoms with van der Waals surface area (Å²) in [6.45, 7) is 3.82. The van der Waals surface area contributed by atoms with Crippen molar-refractivity contribution in [2.24, 2.45) is 0 Å². The number of nitrogens with zero attached hydrogens (tertiary/aromatic N) is 2. The van der Waals surface area contributed by atoms with Gasteiger partial charge in [0.25, 0.3) is 0 Å². The van der Waals surface area contributed by atoms with Crippen molar-refractivity contribution in [1.29, 1.82) is 0 Å². The standard InChI is InChI=1S/C10H13N3O3S2/c1-5-6(2)17-10(11-5)13-8-4-18(15,16)3-7(8)12-9(13)14/h7-8H,3-4H2,1-2H3,(H,12,14)/t7-,8-/m1/s1. The number of thiazole rings is 1. The van der Waals surface area contributed by atoms with Crippen molar-refractivity contribution in [3.8, 4) is 0 Å². The lowest BCUT2D eigenvalue weighted by Gasteiger charge is -2.17. The first-order valence-electron chi connectivity index (χ1n) is 5.61. The van der Waals surface area contributed by atoms with Crippen LogP contribution in [0.4, 0.5) is 9.93 Å². The van der Waals surface area contributed by atoms with Crippen LogP contribution in [-0.4, -0.2) is 43.0 Å². The number of hydrogen-bond acceptors (Lipinski definition) is 5. The number of aryl methyl sites for hydroxylation is 2. The first kappa shape index (κ1) is 11.9. The van der Waals surface area contributed by atoms with Gasteiger partial charge in [-0.05, 0) is 13.8 Å². The molecule has 2 saturated heterocycles. The van der Waals surface area contributed by atoms with Gasteiger partial charge in [0.1, 0.15) is 0 Å². The summed E-state index contributed by atoms with van der Waals surface area (Å²) in [5, 5.41) is 3.31. The number of nitrogens with one attached hydrogen (secondary N) is 1. The molecule has 0 radical (unpaired) electrons. The molecule has 6 nitrogen and oxygen atoms in total. The molecule has 18 heavy (non-hydrogen) atoms. The van der Waals surface area contributed by atoms with E-state index in [1.54, 1.807) is 0 Å². The van der Waals surface area contributed by atoms with Crippen molar-refractivity contribution < 1.29 is 13.2 Å². The molecule has 0 unspecified atom stereocenters. The Morgan fingerprint density at radius 2 is 2.11 bits per heavy atom. The van der Waals surface area contributed by atoms with Crippen LogP contribution in [0.3, 0.4) is 0 Å². The maximum atomic E-state index is 11.9. The van der Waals surface area contributed by atoms with Crippen LogP contribution in [0, 0.1) is 13.8 Å². The molecule has 2 fully saturated rings. The zero-order valence-corrected chi connectivity index (χ0v) is 11.6. The molecule has 8 heteroatoms. The van der Waals surface area contributed by atoms with Crippen molar-refractivity contribution in [1.82, 2.24) is 10.3 Å². The second-order valence-electron chi connectivity index (χ2n) is 4.71. The van der Waals surface area contributed by atoms with Crippen LogP contribution in [0.15, 0.2) is 0 Å². The smallest absolute Gasteiger partial charge is 0.324 e. The highest BCUT2D eigenvalue weighted by molar-refractivity contribution is 7.91. The number of anilines is 1. The Balaban J connectivity index is 1.99. The lowest BCUT2D eigenvalue weighted by Crippen LogP contribution is -2.36. The predicted octanol–water partition coefficient (Wildman–Crippen LogP) is 0.455. The first-order chi connectivity index (χ1) is 8.37. The number of aromatic nitrogens is 1. The quantitative estimate of drug-likeness (QED) is 0.761. The molecule has 3 rings (SSSR count). The molecular formula is C10H13N3O3S2. The monoisotopic (exact) mass is 287 g/mol. The number of sulfone groups is 1. The van der Waals surface area contributed by atoms with Crippen LogP contribution in [0.2, 0.25) is 0 Å². The zero-order chi connectivity index (χ0) is 13.1. The average Bonchev–Trinajstić information content (AvgIpc) is 2.77. The summed E-state index contributed by atoms with van der Waals surface area (Å²) in [5.41, 5.74) is 0.882. The molecule has 0 aromatic carbocycles. The SMILES string of the molecule is Cc1nc(N2C(=O)N[C@@H]3CS(=O)(=O)C[C@H]32)sc1C. The fourth-order valence-corrected chi connectivity index (χ4v) is 5.24. The van der Waals surface area contributed by atoms with Gasteiger partial charge in [0.05, 0.1) is 29.3 Å². The van der Waals surface area contributed by atoms with Gasteiger partial charge in [0.15, 0.2) is 15.0 Å². The van der Waals surface area contributed by atoms with Crippen LogP contribution in [0.25, 0.3) is 0 Å². The third-order valence-electron chi connectivity index (χ3n) is 3.41. The number of amides is 2. The van der Waals surface area contributed by atoms with Gasteiger partial charge in [-0.2, -0.15) is 0 Å². The molecule has 2 amide bonds. The molecular weight excluding hydrogens is 274 g/mol. The average molecular weight is 287 g/mol. The van der Waals surface area contributed by atoms with Gasteiger partial charge in [0.2, 0.25) is 0 Å². The molecule has 2 aliphatic rings. The molecule has 1 aromatic rings. The topological polar surface area (TPSA) is 79.4 Å². The van der Waals surface area contributed by atoms with Gasteiger partial charge in [-0.1, -0.05) is 0 Å².